The van der Waals surface area contributed by atoms with Gasteiger partial charge in [-0.25, -0.2) is 8.70 Å². The highest BCUT2D eigenvalue weighted by Gasteiger charge is 2.48. The van der Waals surface area contributed by atoms with Gasteiger partial charge in [-0.3, -0.25) is 14.3 Å². The molecule has 158 valence electrons. The summed E-state index contributed by atoms with van der Waals surface area (Å²) < 4.78 is 18.5. The van der Waals surface area contributed by atoms with Crippen LogP contribution in [0.25, 0.3) is 10.9 Å². The van der Waals surface area contributed by atoms with Crippen molar-refractivity contribution in [1.82, 2.24) is 19.4 Å². The van der Waals surface area contributed by atoms with Gasteiger partial charge in [0.2, 0.25) is 0 Å². The number of anilines is 1. The Morgan fingerprint density at radius 2 is 2.13 bits per heavy atom. The lowest BCUT2D eigenvalue weighted by atomic mass is 9.82. The molecule has 3 heterocycles. The molecule has 5 nitrogen and oxygen atoms in total. The van der Waals surface area contributed by atoms with Gasteiger partial charge in [0, 0.05) is 48.9 Å². The first-order valence-electron chi connectivity index (χ1n) is 10.6. The number of hydrogen-bond acceptors (Lipinski definition) is 5. The maximum absolute atomic E-state index is 13.9. The summed E-state index contributed by atoms with van der Waals surface area (Å²) in [5.41, 5.74) is 4.47. The molecule has 0 radical (unpaired) electrons. The number of halogens is 1. The summed E-state index contributed by atoms with van der Waals surface area (Å²) in [5.74, 6) is -0.173. The zero-order valence-electron chi connectivity index (χ0n) is 17.7. The van der Waals surface area contributed by atoms with Gasteiger partial charge in [0.25, 0.3) is 0 Å². The number of benzene rings is 2. The third kappa shape index (κ3) is 3.49. The van der Waals surface area contributed by atoms with E-state index in [2.05, 4.69) is 62.8 Å². The number of hydrogen-bond donors (Lipinski definition) is 1. The molecule has 0 bridgehead atoms. The molecule has 2 fully saturated rings. The van der Waals surface area contributed by atoms with Gasteiger partial charge in [0.15, 0.2) is 0 Å². The lowest BCUT2D eigenvalue weighted by Gasteiger charge is -2.47. The van der Waals surface area contributed by atoms with E-state index in [4.69, 9.17) is 0 Å². The molecule has 0 amide bonds. The maximum atomic E-state index is 13.9. The number of likely N-dealkylation sites (tertiary alicyclic amines) is 1. The van der Waals surface area contributed by atoms with Crippen LogP contribution in [0.2, 0.25) is 0 Å². The zero-order valence-corrected chi connectivity index (χ0v) is 18.5. The number of likely N-dealkylation sites (N-methyl/N-ethyl adjacent to an activating group) is 1. The van der Waals surface area contributed by atoms with Crippen molar-refractivity contribution in [2.75, 3.05) is 24.4 Å². The molecule has 1 aromatic heterocycles. The minimum Gasteiger partial charge on any atom is -0.296 e. The summed E-state index contributed by atoms with van der Waals surface area (Å²) in [6.45, 7) is 7.37. The molecule has 5 rings (SSSR count). The van der Waals surface area contributed by atoms with Crippen LogP contribution in [-0.4, -0.2) is 51.1 Å². The van der Waals surface area contributed by atoms with E-state index in [0.717, 1.165) is 49.4 Å². The molecule has 0 unspecified atom stereocenters. The molecule has 2 atom stereocenters. The first kappa shape index (κ1) is 19.8. The molecule has 0 aliphatic carbocycles. The summed E-state index contributed by atoms with van der Waals surface area (Å²) in [4.78, 5) is 2.58. The molecule has 3 aromatic rings. The highest BCUT2D eigenvalue weighted by molar-refractivity contribution is 7.98. The van der Waals surface area contributed by atoms with Gasteiger partial charge in [-0.05, 0) is 69.6 Å². The third-order valence-corrected chi connectivity index (χ3v) is 7.74. The number of nitrogens with one attached hydrogen (secondary N) is 1. The van der Waals surface area contributed by atoms with Gasteiger partial charge >= 0.3 is 0 Å². The van der Waals surface area contributed by atoms with Crippen molar-refractivity contribution in [2.45, 2.75) is 44.8 Å². The number of H-pyrrole nitrogens is 1. The molecule has 2 aromatic carbocycles. The Labute approximate surface area is 181 Å². The first-order chi connectivity index (χ1) is 14.4. The minimum absolute atomic E-state index is 0.0359. The van der Waals surface area contributed by atoms with Gasteiger partial charge in [-0.15, -0.1) is 0 Å². The largest absolute Gasteiger partial charge is 0.296 e. The number of aromatic nitrogens is 2. The van der Waals surface area contributed by atoms with Gasteiger partial charge in [-0.1, -0.05) is 12.1 Å². The van der Waals surface area contributed by atoms with Crippen molar-refractivity contribution in [1.29, 1.82) is 0 Å². The quantitative estimate of drug-likeness (QED) is 0.613. The van der Waals surface area contributed by atoms with E-state index in [1.807, 2.05) is 12.1 Å². The van der Waals surface area contributed by atoms with Crippen molar-refractivity contribution < 1.29 is 4.39 Å². The summed E-state index contributed by atoms with van der Waals surface area (Å²) in [5, 5.41) is 8.62. The van der Waals surface area contributed by atoms with E-state index in [1.54, 1.807) is 18.2 Å². The van der Waals surface area contributed by atoms with Crippen LogP contribution in [0.4, 0.5) is 10.1 Å². The molecular weight excluding hydrogens is 397 g/mol. The number of rotatable bonds is 3. The van der Waals surface area contributed by atoms with Crippen LogP contribution in [0, 0.1) is 12.7 Å². The molecule has 2 aliphatic rings. The monoisotopic (exact) mass is 425 g/mol. The number of piperidine rings is 1. The Morgan fingerprint density at radius 1 is 1.27 bits per heavy atom. The molecule has 2 saturated heterocycles. The van der Waals surface area contributed by atoms with E-state index >= 15 is 0 Å². The molecular formula is C23H28FN5S. The number of nitrogens with zero attached hydrogens (tertiary/aromatic N) is 4. The fraction of sp³-hybridized carbons (Fsp3) is 0.435. The Morgan fingerprint density at radius 3 is 2.93 bits per heavy atom. The van der Waals surface area contributed by atoms with Crippen LogP contribution in [0.3, 0.4) is 0 Å². The fourth-order valence-electron chi connectivity index (χ4n) is 5.09. The average Bonchev–Trinajstić information content (AvgIpc) is 3.24. The Balaban J connectivity index is 1.35. The summed E-state index contributed by atoms with van der Waals surface area (Å²) in [6, 6.07) is 14.0. The van der Waals surface area contributed by atoms with E-state index < -0.39 is 0 Å². The SMILES string of the molecule is Cc1[nH]nc2ccc(CN3CC[C@@]4(C[C@@H]3C)CN(C)SN4c3cccc(F)c3)cc12. The summed E-state index contributed by atoms with van der Waals surface area (Å²) in [7, 11) is 2.13. The minimum atomic E-state index is -0.173. The maximum Gasteiger partial charge on any atom is 0.125 e. The predicted molar refractivity (Wildman–Crippen MR) is 122 cm³/mol. The van der Waals surface area contributed by atoms with Crippen molar-refractivity contribution in [2.24, 2.45) is 0 Å². The van der Waals surface area contributed by atoms with Gasteiger partial charge in [0.1, 0.15) is 5.82 Å². The number of fused-ring (bicyclic) bond motifs is 1. The van der Waals surface area contributed by atoms with Crippen molar-refractivity contribution in [3.63, 3.8) is 0 Å². The van der Waals surface area contributed by atoms with Crippen molar-refractivity contribution in [3.05, 3.63) is 59.5 Å². The van der Waals surface area contributed by atoms with Gasteiger partial charge in [-0.2, -0.15) is 5.10 Å². The lowest BCUT2D eigenvalue weighted by Crippen LogP contribution is -2.56. The second kappa shape index (κ2) is 7.55. The van der Waals surface area contributed by atoms with Gasteiger partial charge in [0.05, 0.1) is 16.7 Å². The number of aromatic amines is 1. The highest BCUT2D eigenvalue weighted by atomic mass is 32.2. The first-order valence-corrected chi connectivity index (χ1v) is 11.3. The standard InChI is InChI=1S/C23H28FN5S/c1-16-13-23(15-27(3)30-29(23)20-6-4-5-19(24)12-20)9-10-28(16)14-18-7-8-22-21(11-18)17(2)25-26-22/h4-8,11-12,16H,9-10,13-15H2,1-3H3,(H,25,26)/t16-,23+/m0/s1. The highest BCUT2D eigenvalue weighted by Crippen LogP contribution is 2.46. The van der Waals surface area contributed by atoms with Crippen LogP contribution < -0.4 is 4.31 Å². The molecule has 1 N–H and O–H groups in total. The third-order valence-electron chi connectivity index (χ3n) is 6.57. The molecule has 1 spiro atoms. The second-order valence-electron chi connectivity index (χ2n) is 8.84. The topological polar surface area (TPSA) is 38.4 Å². The van der Waals surface area contributed by atoms with Gasteiger partial charge < -0.3 is 0 Å². The lowest BCUT2D eigenvalue weighted by molar-refractivity contribution is 0.100. The number of aryl methyl sites for hydroxylation is 1. The van der Waals surface area contributed by atoms with Crippen LogP contribution in [-0.2, 0) is 6.54 Å². The summed E-state index contributed by atoms with van der Waals surface area (Å²) in [6.07, 6.45) is 2.13. The average molecular weight is 426 g/mol. The second-order valence-corrected chi connectivity index (χ2v) is 9.99. The molecule has 30 heavy (non-hydrogen) atoms. The van der Waals surface area contributed by atoms with Crippen LogP contribution >= 0.6 is 12.1 Å². The smallest absolute Gasteiger partial charge is 0.125 e. The van der Waals surface area contributed by atoms with E-state index in [1.165, 1.54) is 17.0 Å². The Bertz CT molecular complexity index is 1070. The molecule has 2 aliphatic heterocycles. The Kier molecular flexibility index (Phi) is 5.00. The molecule has 7 heteroatoms. The molecule has 0 saturated carbocycles. The predicted octanol–water partition coefficient (Wildman–Crippen LogP) is 4.75. The van der Waals surface area contributed by atoms with Crippen LogP contribution in [0.15, 0.2) is 42.5 Å². The fourth-order valence-corrected chi connectivity index (χ4v) is 6.27. The van der Waals surface area contributed by atoms with Crippen molar-refractivity contribution in [3.8, 4) is 0 Å². The normalized spacial score (nSPS) is 25.6. The van der Waals surface area contributed by atoms with E-state index in [9.17, 15) is 4.39 Å². The van der Waals surface area contributed by atoms with Crippen LogP contribution in [0.5, 0.6) is 0 Å². The zero-order chi connectivity index (χ0) is 20.9. The summed E-state index contributed by atoms with van der Waals surface area (Å²) >= 11 is 1.71. The van der Waals surface area contributed by atoms with E-state index in [0.29, 0.717) is 6.04 Å². The van der Waals surface area contributed by atoms with Crippen molar-refractivity contribution >= 4 is 28.7 Å². The van der Waals surface area contributed by atoms with Crippen LogP contribution in [0.1, 0.15) is 31.0 Å². The Hall–Kier alpha value is -2.09. The van der Waals surface area contributed by atoms with E-state index in [-0.39, 0.29) is 11.4 Å².